The molecule has 178 valence electrons. The normalized spacial score (nSPS) is 10.5. The van der Waals surface area contributed by atoms with E-state index >= 15 is 0 Å². The van der Waals surface area contributed by atoms with Crippen molar-refractivity contribution in [3.8, 4) is 0 Å². The van der Waals surface area contributed by atoms with Crippen LogP contribution in [-0.2, 0) is 18.3 Å². The van der Waals surface area contributed by atoms with Gasteiger partial charge in [0.2, 0.25) is 0 Å². The molecule has 0 saturated carbocycles. The minimum Gasteiger partial charge on any atom is -0.481 e. The first-order valence-electron chi connectivity index (χ1n) is 10.0. The van der Waals surface area contributed by atoms with Crippen LogP contribution in [0.1, 0.15) is 28.9 Å². The second-order valence-corrected chi connectivity index (χ2v) is 7.68. The Morgan fingerprint density at radius 1 is 1.15 bits per heavy atom. The molecule has 0 radical (unpaired) electrons. The number of hydrogen-bond acceptors (Lipinski definition) is 7. The zero-order valence-electron chi connectivity index (χ0n) is 18.0. The average Bonchev–Trinajstić information content (AvgIpc) is 3.22. The number of anilines is 1. The van der Waals surface area contributed by atoms with Crippen LogP contribution in [-0.4, -0.2) is 66.2 Å². The molecule has 0 unspecified atom stereocenters. The first kappa shape index (κ1) is 26.1. The van der Waals surface area contributed by atoms with Crippen LogP contribution in [0.5, 0.6) is 0 Å². The highest BCUT2D eigenvalue weighted by molar-refractivity contribution is 6.18. The quantitative estimate of drug-likeness (QED) is 0.398. The molecular weight excluding hydrogens is 473 g/mol. The van der Waals surface area contributed by atoms with Crippen molar-refractivity contribution in [3.05, 3.63) is 52.3 Å². The van der Waals surface area contributed by atoms with Crippen LogP contribution in [0.25, 0.3) is 5.65 Å². The number of nitrogens with two attached hydrogens (primary N) is 1. The first-order chi connectivity index (χ1) is 15.8. The number of aryl methyl sites for hydroxylation is 2. The van der Waals surface area contributed by atoms with Crippen LogP contribution in [0.3, 0.4) is 0 Å². The lowest BCUT2D eigenvalue weighted by Gasteiger charge is -2.23. The molecule has 33 heavy (non-hydrogen) atoms. The van der Waals surface area contributed by atoms with Gasteiger partial charge in [-0.15, -0.1) is 28.3 Å². The van der Waals surface area contributed by atoms with E-state index in [4.69, 9.17) is 34.0 Å². The maximum absolute atomic E-state index is 11.4. The number of amides is 1. The fourth-order valence-electron chi connectivity index (χ4n) is 2.95. The van der Waals surface area contributed by atoms with Crippen LogP contribution in [0.4, 0.5) is 5.69 Å². The van der Waals surface area contributed by atoms with Crippen molar-refractivity contribution in [2.45, 2.75) is 19.3 Å². The first-order valence-corrected chi connectivity index (χ1v) is 11.1. The van der Waals surface area contributed by atoms with Crippen LogP contribution < -0.4 is 16.3 Å². The Bertz CT molecular complexity index is 1130. The van der Waals surface area contributed by atoms with Gasteiger partial charge in [-0.05, 0) is 30.5 Å². The number of alkyl halides is 2. The molecule has 13 heteroatoms. The van der Waals surface area contributed by atoms with E-state index in [2.05, 4.69) is 20.2 Å². The second kappa shape index (κ2) is 12.8. The lowest BCUT2D eigenvalue weighted by molar-refractivity contribution is -0.137. The van der Waals surface area contributed by atoms with Crippen molar-refractivity contribution in [2.24, 2.45) is 12.8 Å². The molecule has 1 aromatic carbocycles. The molecule has 0 bridgehead atoms. The number of nitrogens with zero attached hydrogens (tertiary/aromatic N) is 6. The van der Waals surface area contributed by atoms with Crippen molar-refractivity contribution in [1.29, 1.82) is 0 Å². The lowest BCUT2D eigenvalue weighted by Crippen LogP contribution is -2.27. The number of carbonyl (C=O) groups excluding carboxylic acids is 1. The third-order valence-electron chi connectivity index (χ3n) is 4.60. The molecule has 0 aliphatic heterocycles. The number of aromatic nitrogens is 5. The summed E-state index contributed by atoms with van der Waals surface area (Å²) in [7, 11) is 1.44. The molecule has 0 atom stereocenters. The van der Waals surface area contributed by atoms with E-state index in [1.807, 2.05) is 24.3 Å². The summed E-state index contributed by atoms with van der Waals surface area (Å²) in [5.41, 5.74) is 6.85. The van der Waals surface area contributed by atoms with Crippen molar-refractivity contribution >= 4 is 46.4 Å². The molecule has 2 aromatic heterocycles. The molecule has 2 heterocycles. The number of primary amides is 1. The van der Waals surface area contributed by atoms with Crippen molar-refractivity contribution in [1.82, 2.24) is 24.4 Å². The Labute approximate surface area is 199 Å². The summed E-state index contributed by atoms with van der Waals surface area (Å²) in [6, 6.07) is 8.14. The predicted molar refractivity (Wildman–Crippen MR) is 125 cm³/mol. The molecule has 0 aliphatic carbocycles. The molecule has 3 N–H and O–H groups in total. The Balaban J connectivity index is 0.000000243. The Kier molecular flexibility index (Phi) is 10.1. The van der Waals surface area contributed by atoms with E-state index in [0.29, 0.717) is 18.2 Å². The minimum absolute atomic E-state index is 0.0600. The fraction of sp³-hybridized carbons (Fsp3) is 0.400. The van der Waals surface area contributed by atoms with Crippen molar-refractivity contribution in [3.63, 3.8) is 0 Å². The number of carboxylic acid groups (broad SMARTS) is 1. The molecule has 11 nitrogen and oxygen atoms in total. The van der Waals surface area contributed by atoms with Crippen LogP contribution in [0, 0.1) is 0 Å². The highest BCUT2D eigenvalue weighted by atomic mass is 35.5. The number of imidazole rings is 1. The van der Waals surface area contributed by atoms with Crippen LogP contribution >= 0.6 is 23.2 Å². The summed E-state index contributed by atoms with van der Waals surface area (Å²) in [6.45, 7) is 1.54. The predicted octanol–water partition coefficient (Wildman–Crippen LogP) is 1.30. The number of fused-ring (bicyclic) bond motifs is 1. The highest BCUT2D eigenvalue weighted by Gasteiger charge is 2.13. The maximum atomic E-state index is 11.4. The molecule has 3 aromatic rings. The zero-order chi connectivity index (χ0) is 24.4. The highest BCUT2D eigenvalue weighted by Crippen LogP contribution is 2.16. The number of aliphatic carboxylic acids is 1. The van der Waals surface area contributed by atoms with Gasteiger partial charge in [0, 0.05) is 44.0 Å². The summed E-state index contributed by atoms with van der Waals surface area (Å²) in [6.07, 6.45) is 2.86. The van der Waals surface area contributed by atoms with Crippen molar-refractivity contribution in [2.75, 3.05) is 29.7 Å². The van der Waals surface area contributed by atoms with Gasteiger partial charge in [0.15, 0.2) is 11.3 Å². The summed E-state index contributed by atoms with van der Waals surface area (Å²) >= 11 is 11.5. The van der Waals surface area contributed by atoms with E-state index < -0.39 is 17.6 Å². The Hall–Kier alpha value is -3.18. The largest absolute Gasteiger partial charge is 0.481 e. The van der Waals surface area contributed by atoms with Gasteiger partial charge in [0.25, 0.3) is 5.91 Å². The second-order valence-electron chi connectivity index (χ2n) is 6.93. The van der Waals surface area contributed by atoms with Gasteiger partial charge in [0.05, 0.1) is 0 Å². The Morgan fingerprint density at radius 2 is 1.79 bits per heavy atom. The number of rotatable bonds is 10. The molecule has 3 rings (SSSR count). The van der Waals surface area contributed by atoms with E-state index in [0.717, 1.165) is 39.8 Å². The molecule has 0 spiro atoms. The molecular formula is C20H25Cl2N7O4. The number of hydrogen-bond donors (Lipinski definition) is 2. The van der Waals surface area contributed by atoms with E-state index in [9.17, 15) is 14.4 Å². The zero-order valence-corrected chi connectivity index (χ0v) is 19.5. The minimum atomic E-state index is -0.743. The number of carboxylic acids is 1. The molecule has 0 saturated heterocycles. The lowest BCUT2D eigenvalue weighted by atomic mass is 10.1. The fourth-order valence-corrected chi connectivity index (χ4v) is 3.35. The van der Waals surface area contributed by atoms with E-state index in [1.165, 1.54) is 13.4 Å². The van der Waals surface area contributed by atoms with Gasteiger partial charge in [-0.25, -0.2) is 14.2 Å². The summed E-state index contributed by atoms with van der Waals surface area (Å²) in [5, 5.41) is 15.7. The van der Waals surface area contributed by atoms with Gasteiger partial charge in [-0.1, -0.05) is 17.3 Å². The number of carbonyl (C=O) groups is 2. The van der Waals surface area contributed by atoms with Crippen LogP contribution in [0.2, 0.25) is 0 Å². The van der Waals surface area contributed by atoms with Crippen molar-refractivity contribution < 1.29 is 14.7 Å². The summed E-state index contributed by atoms with van der Waals surface area (Å²) in [5.74, 6) is -0.351. The topological polar surface area (TPSA) is 149 Å². The smallest absolute Gasteiger partial charge is 0.352 e. The number of benzene rings is 1. The standard InChI is InChI=1S/C14H19Cl2NO2.C6H6N6O2/c15-8-10-17(11-9-16)13-6-4-12(5-7-13)2-1-3-14(18)19;1-11-6(14)12-2-8-3(4(7)13)5(12)9-10-11/h4-7H,1-3,8-11H2,(H,18,19);2H,1H3,(H2,7,13). The summed E-state index contributed by atoms with van der Waals surface area (Å²) < 4.78 is 2.13. The molecule has 1 amide bonds. The maximum Gasteiger partial charge on any atom is 0.352 e. The Morgan fingerprint density at radius 3 is 2.33 bits per heavy atom. The van der Waals surface area contributed by atoms with E-state index in [-0.39, 0.29) is 17.8 Å². The molecule has 0 fully saturated rings. The van der Waals surface area contributed by atoms with Crippen LogP contribution in [0.15, 0.2) is 35.4 Å². The van der Waals surface area contributed by atoms with Gasteiger partial charge >= 0.3 is 11.7 Å². The van der Waals surface area contributed by atoms with Gasteiger partial charge in [-0.3, -0.25) is 9.59 Å². The average molecular weight is 498 g/mol. The third kappa shape index (κ3) is 7.43. The summed E-state index contributed by atoms with van der Waals surface area (Å²) in [4.78, 5) is 38.5. The SMILES string of the molecule is Cn1nnc2c(C(N)=O)ncn2c1=O.O=C(O)CCCc1ccc(N(CCCl)CCCl)cc1. The monoisotopic (exact) mass is 497 g/mol. The number of halogens is 2. The third-order valence-corrected chi connectivity index (χ3v) is 4.94. The molecule has 0 aliphatic rings. The van der Waals surface area contributed by atoms with Gasteiger partial charge in [-0.2, -0.15) is 4.68 Å². The van der Waals surface area contributed by atoms with E-state index in [1.54, 1.807) is 0 Å². The van der Waals surface area contributed by atoms with Gasteiger partial charge in [0.1, 0.15) is 6.33 Å². The van der Waals surface area contributed by atoms with Gasteiger partial charge < -0.3 is 15.7 Å².